The summed E-state index contributed by atoms with van der Waals surface area (Å²) in [5.41, 5.74) is 5.74. The van der Waals surface area contributed by atoms with E-state index < -0.39 is 0 Å². The van der Waals surface area contributed by atoms with E-state index in [1.807, 2.05) is 0 Å². The van der Waals surface area contributed by atoms with Gasteiger partial charge >= 0.3 is 0 Å². The van der Waals surface area contributed by atoms with Crippen molar-refractivity contribution in [3.05, 3.63) is 29.6 Å². The first-order chi connectivity index (χ1) is 4.75. The number of rotatable bonds is 0. The lowest BCUT2D eigenvalue weighted by Gasteiger charge is -1.97. The van der Waals surface area contributed by atoms with Crippen LogP contribution in [-0.4, -0.2) is 5.11 Å². The smallest absolute Gasteiger partial charge is 0.229 e. The van der Waals surface area contributed by atoms with E-state index in [-0.39, 0.29) is 17.1 Å². The fourth-order valence-electron chi connectivity index (χ4n) is 0.639. The Morgan fingerprint density at radius 2 is 2.20 bits per heavy atom. The highest BCUT2D eigenvalue weighted by Crippen LogP contribution is 2.31. The van der Waals surface area contributed by atoms with E-state index >= 15 is 0 Å². The highest BCUT2D eigenvalue weighted by molar-refractivity contribution is 5.68. The Kier molecular flexibility index (Phi) is 1.46. The van der Waals surface area contributed by atoms with Crippen molar-refractivity contribution >= 4 is 11.4 Å². The summed E-state index contributed by atoms with van der Waals surface area (Å²) in [6.07, 6.45) is 0. The molecule has 1 aromatic rings. The Balaban J connectivity index is 3.31. The number of nitrogen functional groups attached to an aromatic ring is 1. The van der Waals surface area contributed by atoms with E-state index in [1.54, 1.807) is 12.1 Å². The van der Waals surface area contributed by atoms with Gasteiger partial charge in [-0.05, 0) is 6.07 Å². The summed E-state index contributed by atoms with van der Waals surface area (Å²) < 4.78 is 0. The predicted molar refractivity (Wildman–Crippen MR) is 38.8 cm³/mol. The van der Waals surface area contributed by atoms with Gasteiger partial charge in [0.25, 0.3) is 0 Å². The minimum atomic E-state index is -0.127. The molecule has 3 nitrogen and oxygen atoms in total. The third kappa shape index (κ3) is 0.869. The molecule has 1 rings (SSSR count). The molecular weight excluding hydrogens is 128 g/mol. The molecule has 10 heavy (non-hydrogen) atoms. The highest BCUT2D eigenvalue weighted by Gasteiger charge is 2.01. The van der Waals surface area contributed by atoms with Crippen molar-refractivity contribution in [1.82, 2.24) is 0 Å². The van der Waals surface area contributed by atoms with Crippen LogP contribution in [0.1, 0.15) is 0 Å². The second-order valence-electron chi connectivity index (χ2n) is 1.83. The van der Waals surface area contributed by atoms with E-state index in [2.05, 4.69) is 4.85 Å². The lowest BCUT2D eigenvalue weighted by Crippen LogP contribution is -1.83. The van der Waals surface area contributed by atoms with Gasteiger partial charge in [0.05, 0.1) is 12.3 Å². The van der Waals surface area contributed by atoms with Gasteiger partial charge in [-0.3, -0.25) is 0 Å². The first-order valence-corrected chi connectivity index (χ1v) is 2.70. The Morgan fingerprint density at radius 3 is 2.70 bits per heavy atom. The van der Waals surface area contributed by atoms with E-state index in [9.17, 15) is 0 Å². The molecule has 0 unspecified atom stereocenters. The quantitative estimate of drug-likeness (QED) is 0.321. The summed E-state index contributed by atoms with van der Waals surface area (Å²) in [6, 6.07) is 4.69. The normalized spacial score (nSPS) is 8.70. The van der Waals surface area contributed by atoms with Crippen molar-refractivity contribution in [2.45, 2.75) is 0 Å². The number of phenols is 1. The van der Waals surface area contributed by atoms with Gasteiger partial charge < -0.3 is 10.8 Å². The van der Waals surface area contributed by atoms with Crippen molar-refractivity contribution in [2.24, 2.45) is 0 Å². The van der Waals surface area contributed by atoms with E-state index in [4.69, 9.17) is 17.4 Å². The first kappa shape index (κ1) is 6.43. The van der Waals surface area contributed by atoms with Crippen molar-refractivity contribution in [1.29, 1.82) is 0 Å². The molecule has 50 valence electrons. The van der Waals surface area contributed by atoms with E-state index in [0.717, 1.165) is 0 Å². The molecule has 0 aliphatic heterocycles. The fourth-order valence-corrected chi connectivity index (χ4v) is 0.639. The maximum absolute atomic E-state index is 9.06. The van der Waals surface area contributed by atoms with Crippen molar-refractivity contribution < 1.29 is 5.11 Å². The molecule has 0 saturated heterocycles. The van der Waals surface area contributed by atoms with Gasteiger partial charge in [-0.25, -0.2) is 4.85 Å². The zero-order chi connectivity index (χ0) is 7.56. The van der Waals surface area contributed by atoms with Crippen LogP contribution < -0.4 is 5.73 Å². The minimum Gasteiger partial charge on any atom is -0.517 e. The summed E-state index contributed by atoms with van der Waals surface area (Å²) in [7, 11) is 0. The SMILES string of the molecule is [C-]#[N+]c1cccc(N)c1O. The predicted octanol–water partition coefficient (Wildman–Crippen LogP) is 1.53. The third-order valence-electron chi connectivity index (χ3n) is 1.17. The molecule has 1 aromatic carbocycles. The Hall–Kier alpha value is -1.69. The molecule has 0 aromatic heterocycles. The standard InChI is InChI=1S/C7H6N2O/c1-9-6-4-2-3-5(8)7(6)10/h2-4,10H,8H2. The molecule has 0 aliphatic carbocycles. The second kappa shape index (κ2) is 2.28. The molecule has 0 aliphatic rings. The largest absolute Gasteiger partial charge is 0.517 e. The van der Waals surface area contributed by atoms with Crippen molar-refractivity contribution in [3.63, 3.8) is 0 Å². The average molecular weight is 134 g/mol. The number of benzene rings is 1. The van der Waals surface area contributed by atoms with Crippen LogP contribution in [0.2, 0.25) is 0 Å². The number of nitrogens with two attached hydrogens (primary N) is 1. The zero-order valence-electron chi connectivity index (χ0n) is 5.20. The number of anilines is 1. The molecule has 3 N–H and O–H groups in total. The Bertz CT molecular complexity index is 288. The monoisotopic (exact) mass is 134 g/mol. The number of aromatic hydroxyl groups is 1. The summed E-state index contributed by atoms with van der Waals surface area (Å²) in [6.45, 7) is 6.59. The van der Waals surface area contributed by atoms with Gasteiger partial charge in [-0.1, -0.05) is 12.1 Å². The summed E-state index contributed by atoms with van der Waals surface area (Å²) in [5, 5.41) is 9.06. The molecule has 0 fully saturated rings. The fraction of sp³-hybridized carbons (Fsp3) is 0. The summed E-state index contributed by atoms with van der Waals surface area (Å²) >= 11 is 0. The summed E-state index contributed by atoms with van der Waals surface area (Å²) in [5.74, 6) is -0.127. The Morgan fingerprint density at radius 1 is 1.50 bits per heavy atom. The van der Waals surface area contributed by atoms with Gasteiger partial charge in [-0.15, -0.1) is 0 Å². The van der Waals surface area contributed by atoms with Crippen molar-refractivity contribution in [2.75, 3.05) is 5.73 Å². The van der Waals surface area contributed by atoms with Crippen LogP contribution >= 0.6 is 0 Å². The number of hydrogen-bond acceptors (Lipinski definition) is 2. The minimum absolute atomic E-state index is 0.127. The van der Waals surface area contributed by atoms with E-state index in [0.29, 0.717) is 0 Å². The van der Waals surface area contributed by atoms with Gasteiger partial charge in [0, 0.05) is 0 Å². The van der Waals surface area contributed by atoms with Crippen LogP contribution in [0.4, 0.5) is 11.4 Å². The average Bonchev–Trinajstić information content (AvgIpc) is 1.95. The van der Waals surface area contributed by atoms with Gasteiger partial charge in [0.2, 0.25) is 5.69 Å². The van der Waals surface area contributed by atoms with Crippen LogP contribution in [0.25, 0.3) is 4.85 Å². The molecule has 0 saturated carbocycles. The molecule has 0 radical (unpaired) electrons. The Labute approximate surface area is 58.5 Å². The molecule has 0 heterocycles. The second-order valence-corrected chi connectivity index (χ2v) is 1.83. The van der Waals surface area contributed by atoms with Crippen LogP contribution in [0, 0.1) is 6.57 Å². The van der Waals surface area contributed by atoms with Gasteiger partial charge in [0.1, 0.15) is 5.75 Å². The van der Waals surface area contributed by atoms with Crippen LogP contribution in [-0.2, 0) is 0 Å². The first-order valence-electron chi connectivity index (χ1n) is 2.70. The van der Waals surface area contributed by atoms with Crippen LogP contribution in [0.5, 0.6) is 5.75 Å². The summed E-state index contributed by atoms with van der Waals surface area (Å²) in [4.78, 5) is 3.05. The molecule has 0 amide bonds. The van der Waals surface area contributed by atoms with Gasteiger partial charge in [0.15, 0.2) is 0 Å². The molecular formula is C7H6N2O. The lowest BCUT2D eigenvalue weighted by molar-refractivity contribution is 0.481. The number of phenolic OH excluding ortho intramolecular Hbond substituents is 1. The number of para-hydroxylation sites is 1. The molecule has 3 heteroatoms. The highest BCUT2D eigenvalue weighted by atomic mass is 16.3. The number of hydrogen-bond donors (Lipinski definition) is 2. The zero-order valence-corrected chi connectivity index (χ0v) is 5.20. The van der Waals surface area contributed by atoms with Gasteiger partial charge in [-0.2, -0.15) is 0 Å². The lowest BCUT2D eigenvalue weighted by atomic mass is 10.2. The van der Waals surface area contributed by atoms with Crippen molar-refractivity contribution in [3.8, 4) is 5.75 Å². The molecule has 0 atom stereocenters. The van der Waals surface area contributed by atoms with Crippen LogP contribution in [0.3, 0.4) is 0 Å². The molecule has 0 spiro atoms. The maximum atomic E-state index is 9.06. The molecule has 0 bridgehead atoms. The topological polar surface area (TPSA) is 50.6 Å². The third-order valence-corrected chi connectivity index (χ3v) is 1.17. The maximum Gasteiger partial charge on any atom is 0.229 e. The van der Waals surface area contributed by atoms with E-state index in [1.165, 1.54) is 6.07 Å². The number of nitrogens with zero attached hydrogens (tertiary/aromatic N) is 1. The van der Waals surface area contributed by atoms with Crippen LogP contribution in [0.15, 0.2) is 18.2 Å².